The Bertz CT molecular complexity index is 773. The summed E-state index contributed by atoms with van der Waals surface area (Å²) in [5.41, 5.74) is 2.08. The van der Waals surface area contributed by atoms with Crippen LogP contribution in [0.1, 0.15) is 19.4 Å². The second-order valence-corrected chi connectivity index (χ2v) is 6.57. The van der Waals surface area contributed by atoms with Crippen LogP contribution in [-0.4, -0.2) is 50.3 Å². The molecule has 1 N–H and O–H groups in total. The molecule has 0 saturated carbocycles. The molecule has 1 fully saturated rings. The fourth-order valence-electron chi connectivity index (χ4n) is 3.38. The fourth-order valence-corrected chi connectivity index (χ4v) is 3.38. The van der Waals surface area contributed by atoms with Crippen LogP contribution in [0.5, 0.6) is 11.5 Å². The molecule has 28 heavy (non-hydrogen) atoms. The second kappa shape index (κ2) is 9.88. The van der Waals surface area contributed by atoms with Crippen molar-refractivity contribution < 1.29 is 14.3 Å². The van der Waals surface area contributed by atoms with Crippen LogP contribution in [0, 0.1) is 0 Å². The van der Waals surface area contributed by atoms with Gasteiger partial charge in [-0.15, -0.1) is 0 Å². The van der Waals surface area contributed by atoms with Gasteiger partial charge in [-0.05, 0) is 32.0 Å². The molecule has 0 atom stereocenters. The van der Waals surface area contributed by atoms with Crippen molar-refractivity contribution in [1.29, 1.82) is 0 Å². The van der Waals surface area contributed by atoms with E-state index in [1.807, 2.05) is 61.2 Å². The maximum absolute atomic E-state index is 12.6. The van der Waals surface area contributed by atoms with Crippen LogP contribution in [0.25, 0.3) is 0 Å². The van der Waals surface area contributed by atoms with Gasteiger partial charge in [-0.3, -0.25) is 0 Å². The first-order chi connectivity index (χ1) is 13.7. The molecule has 0 aromatic heterocycles. The SMILES string of the molecule is CCOc1ccccc1CNC(=O)N1CCN(c2ccccc2OCC)CC1. The molecule has 2 amide bonds. The third-order valence-corrected chi connectivity index (χ3v) is 4.78. The van der Waals surface area contributed by atoms with Gasteiger partial charge < -0.3 is 24.6 Å². The predicted molar refractivity (Wildman–Crippen MR) is 111 cm³/mol. The third kappa shape index (κ3) is 4.88. The first kappa shape index (κ1) is 19.9. The van der Waals surface area contributed by atoms with Crippen molar-refractivity contribution in [2.75, 3.05) is 44.3 Å². The number of ether oxygens (including phenoxy) is 2. The number of amides is 2. The third-order valence-electron chi connectivity index (χ3n) is 4.78. The van der Waals surface area contributed by atoms with Crippen molar-refractivity contribution in [3.8, 4) is 11.5 Å². The summed E-state index contributed by atoms with van der Waals surface area (Å²) >= 11 is 0. The van der Waals surface area contributed by atoms with Crippen LogP contribution in [-0.2, 0) is 6.54 Å². The zero-order valence-electron chi connectivity index (χ0n) is 16.7. The average molecular weight is 383 g/mol. The van der Waals surface area contributed by atoms with Gasteiger partial charge in [0, 0.05) is 38.3 Å². The number of urea groups is 1. The van der Waals surface area contributed by atoms with E-state index < -0.39 is 0 Å². The van der Waals surface area contributed by atoms with E-state index in [4.69, 9.17) is 9.47 Å². The van der Waals surface area contributed by atoms with Crippen molar-refractivity contribution in [3.63, 3.8) is 0 Å². The van der Waals surface area contributed by atoms with Crippen molar-refractivity contribution >= 4 is 11.7 Å². The zero-order valence-corrected chi connectivity index (χ0v) is 16.7. The van der Waals surface area contributed by atoms with Gasteiger partial charge in [0.2, 0.25) is 0 Å². The average Bonchev–Trinajstić information content (AvgIpc) is 2.74. The van der Waals surface area contributed by atoms with Gasteiger partial charge in [-0.25, -0.2) is 4.79 Å². The number of carbonyl (C=O) groups is 1. The summed E-state index contributed by atoms with van der Waals surface area (Å²) in [7, 11) is 0. The first-order valence-electron chi connectivity index (χ1n) is 9.93. The second-order valence-electron chi connectivity index (χ2n) is 6.57. The molecule has 1 aliphatic rings. The molecule has 0 unspecified atom stereocenters. The van der Waals surface area contributed by atoms with Gasteiger partial charge in [0.05, 0.1) is 18.9 Å². The van der Waals surface area contributed by atoms with E-state index in [1.54, 1.807) is 0 Å². The maximum atomic E-state index is 12.6. The fraction of sp³-hybridized carbons (Fsp3) is 0.409. The molecule has 0 bridgehead atoms. The Hall–Kier alpha value is -2.89. The number of nitrogens with zero attached hydrogens (tertiary/aromatic N) is 2. The summed E-state index contributed by atoms with van der Waals surface area (Å²) in [5.74, 6) is 1.72. The highest BCUT2D eigenvalue weighted by Gasteiger charge is 2.23. The number of carbonyl (C=O) groups excluding carboxylic acids is 1. The molecule has 1 heterocycles. The summed E-state index contributed by atoms with van der Waals surface area (Å²) in [6.07, 6.45) is 0. The highest BCUT2D eigenvalue weighted by molar-refractivity contribution is 5.74. The van der Waals surface area contributed by atoms with Crippen LogP contribution < -0.4 is 19.7 Å². The quantitative estimate of drug-likeness (QED) is 0.795. The molecule has 6 heteroatoms. The Balaban J connectivity index is 1.53. The molecule has 2 aromatic carbocycles. The molecular formula is C22H29N3O3. The molecule has 1 saturated heterocycles. The number of anilines is 1. The molecule has 150 valence electrons. The van der Waals surface area contributed by atoms with Crippen LogP contribution in [0.4, 0.5) is 10.5 Å². The van der Waals surface area contributed by atoms with E-state index >= 15 is 0 Å². The highest BCUT2D eigenvalue weighted by atomic mass is 16.5. The van der Waals surface area contributed by atoms with E-state index in [2.05, 4.69) is 16.3 Å². The Morgan fingerprint density at radius 2 is 1.50 bits per heavy atom. The van der Waals surface area contributed by atoms with Gasteiger partial charge in [-0.2, -0.15) is 0 Å². The topological polar surface area (TPSA) is 54.0 Å². The number of rotatable bonds is 7. The van der Waals surface area contributed by atoms with E-state index in [0.717, 1.165) is 35.8 Å². The first-order valence-corrected chi connectivity index (χ1v) is 9.93. The van der Waals surface area contributed by atoms with Crippen LogP contribution >= 0.6 is 0 Å². The number of nitrogens with one attached hydrogen (secondary N) is 1. The molecule has 0 aliphatic carbocycles. The minimum absolute atomic E-state index is 0.0379. The molecule has 6 nitrogen and oxygen atoms in total. The summed E-state index contributed by atoms with van der Waals surface area (Å²) in [6, 6.07) is 15.8. The van der Waals surface area contributed by atoms with Gasteiger partial charge in [0.1, 0.15) is 11.5 Å². The molecule has 0 radical (unpaired) electrons. The molecule has 3 rings (SSSR count). The maximum Gasteiger partial charge on any atom is 0.317 e. The lowest BCUT2D eigenvalue weighted by Crippen LogP contribution is -2.51. The number of para-hydroxylation sites is 3. The normalized spacial score (nSPS) is 13.9. The Labute approximate surface area is 167 Å². The van der Waals surface area contributed by atoms with Gasteiger partial charge in [0.25, 0.3) is 0 Å². The van der Waals surface area contributed by atoms with E-state index in [0.29, 0.717) is 32.8 Å². The Kier molecular flexibility index (Phi) is 7.00. The number of piperazine rings is 1. The summed E-state index contributed by atoms with van der Waals surface area (Å²) in [6.45, 7) is 8.58. The zero-order chi connectivity index (χ0) is 19.8. The minimum atomic E-state index is -0.0379. The molecule has 2 aromatic rings. The van der Waals surface area contributed by atoms with E-state index in [9.17, 15) is 4.79 Å². The van der Waals surface area contributed by atoms with E-state index in [1.165, 1.54) is 0 Å². The van der Waals surface area contributed by atoms with Gasteiger partial charge in [0.15, 0.2) is 0 Å². The van der Waals surface area contributed by atoms with Crippen molar-refractivity contribution in [1.82, 2.24) is 10.2 Å². The monoisotopic (exact) mass is 383 g/mol. The van der Waals surface area contributed by atoms with Gasteiger partial charge in [-0.1, -0.05) is 30.3 Å². The highest BCUT2D eigenvalue weighted by Crippen LogP contribution is 2.28. The smallest absolute Gasteiger partial charge is 0.317 e. The van der Waals surface area contributed by atoms with Crippen LogP contribution in [0.3, 0.4) is 0 Å². The number of hydrogen-bond acceptors (Lipinski definition) is 4. The molecule has 0 spiro atoms. The van der Waals surface area contributed by atoms with Crippen LogP contribution in [0.2, 0.25) is 0 Å². The van der Waals surface area contributed by atoms with Crippen molar-refractivity contribution in [2.24, 2.45) is 0 Å². The van der Waals surface area contributed by atoms with Crippen molar-refractivity contribution in [3.05, 3.63) is 54.1 Å². The molecular weight excluding hydrogens is 354 g/mol. The summed E-state index contributed by atoms with van der Waals surface area (Å²) < 4.78 is 11.4. The summed E-state index contributed by atoms with van der Waals surface area (Å²) in [4.78, 5) is 16.7. The van der Waals surface area contributed by atoms with E-state index in [-0.39, 0.29) is 6.03 Å². The lowest BCUT2D eigenvalue weighted by Gasteiger charge is -2.36. The Morgan fingerprint density at radius 3 is 2.21 bits per heavy atom. The van der Waals surface area contributed by atoms with Gasteiger partial charge >= 0.3 is 6.03 Å². The lowest BCUT2D eigenvalue weighted by molar-refractivity contribution is 0.193. The standard InChI is InChI=1S/C22H29N3O3/c1-3-27-20-11-7-5-9-18(20)17-23-22(26)25-15-13-24(14-16-25)19-10-6-8-12-21(19)28-4-2/h5-12H,3-4,13-17H2,1-2H3,(H,23,26). The van der Waals surface area contributed by atoms with Crippen molar-refractivity contribution in [2.45, 2.75) is 20.4 Å². The lowest BCUT2D eigenvalue weighted by atomic mass is 10.2. The van der Waals surface area contributed by atoms with Crippen LogP contribution in [0.15, 0.2) is 48.5 Å². The minimum Gasteiger partial charge on any atom is -0.494 e. The molecule has 1 aliphatic heterocycles. The Morgan fingerprint density at radius 1 is 0.893 bits per heavy atom. The number of benzene rings is 2. The predicted octanol–water partition coefficient (Wildman–Crippen LogP) is 3.52. The number of hydrogen-bond donors (Lipinski definition) is 1. The summed E-state index contributed by atoms with van der Waals surface area (Å²) in [5, 5.41) is 3.02. The largest absolute Gasteiger partial charge is 0.494 e.